The molecule has 0 amide bonds. The van der Waals surface area contributed by atoms with E-state index in [1.807, 2.05) is 0 Å². The Hall–Kier alpha value is -1.85. The van der Waals surface area contributed by atoms with Gasteiger partial charge >= 0.3 is 0 Å². The fraction of sp³-hybridized carbons (Fsp3) is 0. The van der Waals surface area contributed by atoms with E-state index < -0.39 is 0 Å². The normalized spacial score (nSPS) is 10.5. The van der Waals surface area contributed by atoms with Crippen LogP contribution in [-0.4, -0.2) is 19.6 Å². The largest absolute Gasteiger partial charge is 0.393 e. The van der Waals surface area contributed by atoms with E-state index in [-0.39, 0.29) is 11.2 Å². The molecule has 3 N–H and O–H groups in total. The molecule has 0 spiro atoms. The quantitative estimate of drug-likeness (QED) is 0.505. The number of nitrogens with zero attached hydrogens (tertiary/aromatic N) is 3. The van der Waals surface area contributed by atoms with Crippen molar-refractivity contribution >= 4 is 11.5 Å². The van der Waals surface area contributed by atoms with Crippen LogP contribution in [0.1, 0.15) is 0 Å². The van der Waals surface area contributed by atoms with Crippen molar-refractivity contribution in [2.24, 2.45) is 0 Å². The zero-order valence-electron chi connectivity index (χ0n) is 5.48. The van der Waals surface area contributed by atoms with Crippen molar-refractivity contribution in [3.8, 4) is 0 Å². The van der Waals surface area contributed by atoms with E-state index in [0.717, 1.165) is 0 Å². The number of aromatic nitrogens is 4. The molecule has 0 unspecified atom stereocenters. The van der Waals surface area contributed by atoms with Gasteiger partial charge in [-0.05, 0) is 0 Å². The number of aromatic amines is 1. The minimum atomic E-state index is -0.342. The highest BCUT2D eigenvalue weighted by molar-refractivity contribution is 5.37. The van der Waals surface area contributed by atoms with E-state index in [9.17, 15) is 4.79 Å². The molecule has 6 nitrogen and oxygen atoms in total. The summed E-state index contributed by atoms with van der Waals surface area (Å²) in [6, 6.07) is 0. The summed E-state index contributed by atoms with van der Waals surface area (Å²) in [5.74, 6) is 0.393. The van der Waals surface area contributed by atoms with Crippen LogP contribution in [0.2, 0.25) is 0 Å². The maximum absolute atomic E-state index is 10.9. The van der Waals surface area contributed by atoms with E-state index in [1.54, 1.807) is 0 Å². The number of hydrogen-bond acceptors (Lipinski definition) is 4. The number of nitrogens with two attached hydrogens (primary N) is 1. The highest BCUT2D eigenvalue weighted by Crippen LogP contribution is 1.92. The summed E-state index contributed by atoms with van der Waals surface area (Å²) in [6.07, 6.45) is 2.76. The summed E-state index contributed by atoms with van der Waals surface area (Å²) >= 11 is 0. The molecule has 0 saturated heterocycles. The third-order valence-electron chi connectivity index (χ3n) is 1.32. The molecule has 0 aromatic carbocycles. The minimum absolute atomic E-state index is 0.128. The SMILES string of the molecule is Nc1cn2ncnc2[nH]c1=O. The number of fused-ring (bicyclic) bond motifs is 1. The van der Waals surface area contributed by atoms with Gasteiger partial charge in [-0.2, -0.15) is 10.1 Å². The first-order valence-corrected chi connectivity index (χ1v) is 2.95. The van der Waals surface area contributed by atoms with Gasteiger partial charge in [0.25, 0.3) is 5.56 Å². The van der Waals surface area contributed by atoms with Crippen molar-refractivity contribution in [3.63, 3.8) is 0 Å². The second-order valence-corrected chi connectivity index (χ2v) is 2.07. The van der Waals surface area contributed by atoms with Crippen LogP contribution in [0.15, 0.2) is 17.3 Å². The zero-order chi connectivity index (χ0) is 7.84. The van der Waals surface area contributed by atoms with Crippen molar-refractivity contribution in [2.45, 2.75) is 0 Å². The van der Waals surface area contributed by atoms with Crippen LogP contribution in [0, 0.1) is 0 Å². The first kappa shape index (κ1) is 5.90. The summed E-state index contributed by atoms with van der Waals surface area (Å²) < 4.78 is 1.40. The topological polar surface area (TPSA) is 89.1 Å². The molecule has 0 aliphatic heterocycles. The van der Waals surface area contributed by atoms with E-state index >= 15 is 0 Å². The van der Waals surface area contributed by atoms with Gasteiger partial charge in [-0.3, -0.25) is 9.78 Å². The first-order valence-electron chi connectivity index (χ1n) is 2.95. The number of nitrogens with one attached hydrogen (secondary N) is 1. The molecular weight excluding hydrogens is 146 g/mol. The molecule has 6 heteroatoms. The van der Waals surface area contributed by atoms with Gasteiger partial charge < -0.3 is 5.73 Å². The van der Waals surface area contributed by atoms with Crippen LogP contribution >= 0.6 is 0 Å². The second kappa shape index (κ2) is 1.82. The molecule has 0 saturated carbocycles. The summed E-state index contributed by atoms with van der Waals surface area (Å²) in [5, 5.41) is 3.78. The molecule has 2 heterocycles. The van der Waals surface area contributed by atoms with E-state index in [4.69, 9.17) is 5.73 Å². The highest BCUT2D eigenvalue weighted by Gasteiger charge is 1.98. The Morgan fingerprint density at radius 1 is 1.64 bits per heavy atom. The van der Waals surface area contributed by atoms with Gasteiger partial charge in [0.05, 0.1) is 6.20 Å². The molecule has 0 bridgehead atoms. The molecule has 0 fully saturated rings. The standard InChI is InChI=1S/C5H5N5O/c6-3-1-10-5(7-2-8-10)9-4(3)11/h1-2H,6H2,(H,7,8,9,11). The number of nitrogen functional groups attached to an aromatic ring is 1. The fourth-order valence-electron chi connectivity index (χ4n) is 0.798. The van der Waals surface area contributed by atoms with Gasteiger partial charge in [-0.15, -0.1) is 0 Å². The summed E-state index contributed by atoms with van der Waals surface area (Å²) in [5.41, 5.74) is 5.10. The third-order valence-corrected chi connectivity index (χ3v) is 1.32. The molecule has 56 valence electrons. The lowest BCUT2D eigenvalue weighted by atomic mass is 10.5. The van der Waals surface area contributed by atoms with Gasteiger partial charge in [-0.1, -0.05) is 0 Å². The Balaban J connectivity index is 2.97. The van der Waals surface area contributed by atoms with Gasteiger partial charge in [0.15, 0.2) is 0 Å². The van der Waals surface area contributed by atoms with Gasteiger partial charge in [0.2, 0.25) is 5.78 Å². The monoisotopic (exact) mass is 151 g/mol. The molecule has 2 rings (SSSR count). The number of H-pyrrole nitrogens is 1. The van der Waals surface area contributed by atoms with Crippen molar-refractivity contribution < 1.29 is 0 Å². The molecule has 11 heavy (non-hydrogen) atoms. The van der Waals surface area contributed by atoms with Crippen molar-refractivity contribution in [1.29, 1.82) is 0 Å². The Bertz CT molecular complexity index is 441. The zero-order valence-corrected chi connectivity index (χ0v) is 5.48. The molecular formula is C5H5N5O. The lowest BCUT2D eigenvalue weighted by Crippen LogP contribution is -2.13. The average molecular weight is 151 g/mol. The lowest BCUT2D eigenvalue weighted by molar-refractivity contribution is 0.934. The molecule has 0 aliphatic rings. The van der Waals surface area contributed by atoms with Crippen molar-refractivity contribution in [2.75, 3.05) is 5.73 Å². The maximum Gasteiger partial charge on any atom is 0.275 e. The second-order valence-electron chi connectivity index (χ2n) is 2.07. The van der Waals surface area contributed by atoms with Crippen LogP contribution in [0.4, 0.5) is 5.69 Å². The Kier molecular flexibility index (Phi) is 0.974. The Morgan fingerprint density at radius 2 is 2.45 bits per heavy atom. The first-order chi connectivity index (χ1) is 5.27. The summed E-state index contributed by atoms with van der Waals surface area (Å²) in [6.45, 7) is 0. The van der Waals surface area contributed by atoms with E-state index in [1.165, 1.54) is 17.0 Å². The van der Waals surface area contributed by atoms with Crippen LogP contribution < -0.4 is 11.3 Å². The summed E-state index contributed by atoms with van der Waals surface area (Å²) in [7, 11) is 0. The highest BCUT2D eigenvalue weighted by atomic mass is 16.1. The third kappa shape index (κ3) is 0.759. The van der Waals surface area contributed by atoms with Crippen LogP contribution in [-0.2, 0) is 0 Å². The fourth-order valence-corrected chi connectivity index (χ4v) is 0.798. The number of hydrogen-bond donors (Lipinski definition) is 2. The van der Waals surface area contributed by atoms with Gasteiger partial charge in [0.1, 0.15) is 12.0 Å². The smallest absolute Gasteiger partial charge is 0.275 e. The Labute approximate surface area is 60.7 Å². The average Bonchev–Trinajstić information content (AvgIpc) is 2.36. The predicted octanol–water partition coefficient (Wildman–Crippen LogP) is -1.00. The summed E-state index contributed by atoms with van der Waals surface area (Å²) in [4.78, 5) is 17.1. The molecule has 0 atom stereocenters. The molecule has 2 aromatic heterocycles. The molecule has 0 radical (unpaired) electrons. The van der Waals surface area contributed by atoms with Gasteiger partial charge in [0, 0.05) is 0 Å². The lowest BCUT2D eigenvalue weighted by Gasteiger charge is -1.91. The van der Waals surface area contributed by atoms with Crippen molar-refractivity contribution in [1.82, 2.24) is 19.6 Å². The van der Waals surface area contributed by atoms with E-state index in [0.29, 0.717) is 5.78 Å². The van der Waals surface area contributed by atoms with Crippen LogP contribution in [0.25, 0.3) is 5.78 Å². The number of anilines is 1. The molecule has 0 aliphatic carbocycles. The van der Waals surface area contributed by atoms with Crippen molar-refractivity contribution in [3.05, 3.63) is 22.9 Å². The predicted molar refractivity (Wildman–Crippen MR) is 38.0 cm³/mol. The Morgan fingerprint density at radius 3 is 3.27 bits per heavy atom. The maximum atomic E-state index is 10.9. The molecule has 2 aromatic rings. The van der Waals surface area contributed by atoms with Gasteiger partial charge in [-0.25, -0.2) is 4.52 Å². The van der Waals surface area contributed by atoms with Crippen LogP contribution in [0.3, 0.4) is 0 Å². The van der Waals surface area contributed by atoms with E-state index in [2.05, 4.69) is 15.1 Å². The number of rotatable bonds is 0. The van der Waals surface area contributed by atoms with Crippen LogP contribution in [0.5, 0.6) is 0 Å². The minimum Gasteiger partial charge on any atom is -0.393 e.